The van der Waals surface area contributed by atoms with Crippen LogP contribution in [0, 0.1) is 13.8 Å². The lowest BCUT2D eigenvalue weighted by molar-refractivity contribution is 0.0907. The molecular weight excluding hydrogens is 344 g/mol. The smallest absolute Gasteiger partial charge is 0.308 e. The summed E-state index contributed by atoms with van der Waals surface area (Å²) in [6.07, 6.45) is 2.27. The third kappa shape index (κ3) is 3.23. The van der Waals surface area contributed by atoms with Gasteiger partial charge in [-0.05, 0) is 45.3 Å². The van der Waals surface area contributed by atoms with E-state index in [1.807, 2.05) is 32.0 Å². The molecule has 3 heterocycles. The maximum Gasteiger partial charge on any atom is 0.308 e. The highest BCUT2D eigenvalue weighted by Crippen LogP contribution is 2.33. The fourth-order valence-electron chi connectivity index (χ4n) is 3.82. The number of nitrogens with zero attached hydrogens (tertiary/aromatic N) is 3. The number of aryl methyl sites for hydroxylation is 2. The summed E-state index contributed by atoms with van der Waals surface area (Å²) >= 11 is 0. The Morgan fingerprint density at radius 1 is 1.30 bits per heavy atom. The molecule has 7 nitrogen and oxygen atoms in total. The summed E-state index contributed by atoms with van der Waals surface area (Å²) < 4.78 is 11.6. The van der Waals surface area contributed by atoms with Gasteiger partial charge in [0.15, 0.2) is 5.76 Å². The van der Waals surface area contributed by atoms with Gasteiger partial charge in [-0.2, -0.15) is 0 Å². The van der Waals surface area contributed by atoms with E-state index in [9.17, 15) is 4.79 Å². The average molecular weight is 368 g/mol. The molecule has 142 valence electrons. The molecular formula is C20H24N4O3. The minimum atomic E-state index is -0.346. The number of rotatable bonds is 5. The molecule has 0 radical (unpaired) electrons. The molecule has 4 rings (SSSR count). The van der Waals surface area contributed by atoms with Crippen molar-refractivity contribution in [1.82, 2.24) is 20.4 Å². The Bertz CT molecular complexity index is 975. The number of furan rings is 1. The van der Waals surface area contributed by atoms with Crippen LogP contribution in [0.3, 0.4) is 0 Å². The number of benzene rings is 1. The van der Waals surface area contributed by atoms with Crippen LogP contribution in [0.4, 0.5) is 0 Å². The van der Waals surface area contributed by atoms with E-state index in [4.69, 9.17) is 8.83 Å². The van der Waals surface area contributed by atoms with E-state index in [1.54, 1.807) is 0 Å². The van der Waals surface area contributed by atoms with Crippen LogP contribution in [0.1, 0.15) is 41.6 Å². The maximum absolute atomic E-state index is 12.4. The second kappa shape index (κ2) is 7.15. The van der Waals surface area contributed by atoms with E-state index in [1.165, 1.54) is 6.42 Å². The van der Waals surface area contributed by atoms with Gasteiger partial charge in [0.25, 0.3) is 5.89 Å². The molecule has 1 saturated heterocycles. The number of nitrogens with one attached hydrogen (secondary N) is 1. The molecule has 1 N–H and O–H groups in total. The lowest BCUT2D eigenvalue weighted by Gasteiger charge is -2.22. The topological polar surface area (TPSA) is 84.4 Å². The van der Waals surface area contributed by atoms with Crippen molar-refractivity contribution >= 4 is 16.9 Å². The lowest BCUT2D eigenvalue weighted by atomic mass is 10.1. The minimum absolute atomic E-state index is 0.0392. The van der Waals surface area contributed by atoms with Gasteiger partial charge in [-0.25, -0.2) is 0 Å². The first-order valence-electron chi connectivity index (χ1n) is 9.43. The Kier molecular flexibility index (Phi) is 4.70. The number of carbonyl (C=O) groups is 1. The highest BCUT2D eigenvalue weighted by Gasteiger charge is 2.25. The fraction of sp³-hybridized carbons (Fsp3) is 0.450. The van der Waals surface area contributed by atoms with Crippen molar-refractivity contribution in [2.24, 2.45) is 0 Å². The Balaban J connectivity index is 1.51. The number of hydrogen-bond donors (Lipinski definition) is 1. The third-order valence-corrected chi connectivity index (χ3v) is 5.38. The molecule has 1 fully saturated rings. The fourth-order valence-corrected chi connectivity index (χ4v) is 3.82. The van der Waals surface area contributed by atoms with Crippen LogP contribution in [0.15, 0.2) is 27.0 Å². The van der Waals surface area contributed by atoms with Gasteiger partial charge < -0.3 is 14.2 Å². The maximum atomic E-state index is 12.4. The summed E-state index contributed by atoms with van der Waals surface area (Å²) in [5, 5.41) is 11.9. The van der Waals surface area contributed by atoms with E-state index in [0.29, 0.717) is 18.3 Å². The Hall–Kier alpha value is -2.67. The summed E-state index contributed by atoms with van der Waals surface area (Å²) in [5.41, 5.74) is 2.76. The zero-order valence-electron chi connectivity index (χ0n) is 15.9. The van der Waals surface area contributed by atoms with Crippen molar-refractivity contribution in [2.75, 3.05) is 19.6 Å². The number of hydrogen-bond acceptors (Lipinski definition) is 6. The van der Waals surface area contributed by atoms with Crippen LogP contribution >= 0.6 is 0 Å². The Morgan fingerprint density at radius 2 is 2.15 bits per heavy atom. The Morgan fingerprint density at radius 3 is 2.93 bits per heavy atom. The number of aromatic nitrogens is 2. The van der Waals surface area contributed by atoms with Crippen LogP contribution in [0.2, 0.25) is 0 Å². The first-order chi connectivity index (χ1) is 13.1. The molecule has 27 heavy (non-hydrogen) atoms. The zero-order chi connectivity index (χ0) is 19.0. The second-order valence-electron chi connectivity index (χ2n) is 7.05. The van der Waals surface area contributed by atoms with Gasteiger partial charge in [-0.15, -0.1) is 10.2 Å². The molecule has 1 unspecified atom stereocenters. The number of fused-ring (bicyclic) bond motifs is 1. The first kappa shape index (κ1) is 17.7. The summed E-state index contributed by atoms with van der Waals surface area (Å²) in [6.45, 7) is 8.76. The summed E-state index contributed by atoms with van der Waals surface area (Å²) in [5.74, 6) is 0.354. The number of carbonyl (C=O) groups excluding carboxylic acids is 1. The van der Waals surface area contributed by atoms with Crippen molar-refractivity contribution in [3.05, 3.63) is 35.2 Å². The summed E-state index contributed by atoms with van der Waals surface area (Å²) in [4.78, 5) is 14.8. The molecule has 1 amide bonds. The predicted molar refractivity (Wildman–Crippen MR) is 102 cm³/mol. The predicted octanol–water partition coefficient (Wildman–Crippen LogP) is 3.31. The number of likely N-dealkylation sites (N-methyl/N-ethyl adjacent to an activating group) is 1. The van der Waals surface area contributed by atoms with Crippen LogP contribution in [-0.4, -0.2) is 46.7 Å². The largest absolute Gasteiger partial charge is 0.450 e. The quantitative estimate of drug-likeness (QED) is 0.744. The monoisotopic (exact) mass is 368 g/mol. The normalized spacial score (nSPS) is 17.7. The van der Waals surface area contributed by atoms with E-state index in [-0.39, 0.29) is 17.7 Å². The first-order valence-corrected chi connectivity index (χ1v) is 9.43. The van der Waals surface area contributed by atoms with E-state index in [0.717, 1.165) is 41.6 Å². The van der Waals surface area contributed by atoms with Crippen molar-refractivity contribution < 1.29 is 13.6 Å². The van der Waals surface area contributed by atoms with Gasteiger partial charge in [-0.3, -0.25) is 9.69 Å². The molecule has 1 aromatic carbocycles. The molecule has 1 aliphatic rings. The van der Waals surface area contributed by atoms with Gasteiger partial charge >= 0.3 is 11.8 Å². The van der Waals surface area contributed by atoms with Gasteiger partial charge in [0.1, 0.15) is 5.58 Å². The molecule has 0 saturated carbocycles. The van der Waals surface area contributed by atoms with Crippen molar-refractivity contribution in [3.63, 3.8) is 0 Å². The standard InChI is InChI=1S/C20H24N4O3/c1-4-24-10-6-8-14(24)11-21-18(25)20-23-22-19(27-20)17-13(3)15-9-5-7-12(2)16(15)26-17/h5,7,9,14H,4,6,8,10-11H2,1-3H3,(H,21,25). The molecule has 0 bridgehead atoms. The van der Waals surface area contributed by atoms with Crippen molar-refractivity contribution in [3.8, 4) is 11.7 Å². The third-order valence-electron chi connectivity index (χ3n) is 5.38. The highest BCUT2D eigenvalue weighted by molar-refractivity contribution is 5.90. The summed E-state index contributed by atoms with van der Waals surface area (Å²) in [6, 6.07) is 6.35. The molecule has 1 aliphatic heterocycles. The second-order valence-corrected chi connectivity index (χ2v) is 7.05. The number of amides is 1. The van der Waals surface area contributed by atoms with E-state index in [2.05, 4.69) is 27.3 Å². The van der Waals surface area contributed by atoms with Crippen LogP contribution in [0.5, 0.6) is 0 Å². The lowest BCUT2D eigenvalue weighted by Crippen LogP contribution is -2.40. The van der Waals surface area contributed by atoms with Gasteiger partial charge in [0.2, 0.25) is 0 Å². The van der Waals surface area contributed by atoms with Crippen LogP contribution in [0.25, 0.3) is 22.6 Å². The molecule has 2 aromatic heterocycles. The van der Waals surface area contributed by atoms with Crippen LogP contribution < -0.4 is 5.32 Å². The molecule has 1 atom stereocenters. The number of likely N-dealkylation sites (tertiary alicyclic amines) is 1. The minimum Gasteiger partial charge on any atom is -0.450 e. The average Bonchev–Trinajstić information content (AvgIpc) is 3.39. The zero-order valence-corrected chi connectivity index (χ0v) is 15.9. The Labute approximate surface area is 157 Å². The van der Waals surface area contributed by atoms with Gasteiger partial charge in [-0.1, -0.05) is 25.1 Å². The van der Waals surface area contributed by atoms with Crippen LogP contribution in [-0.2, 0) is 0 Å². The summed E-state index contributed by atoms with van der Waals surface area (Å²) in [7, 11) is 0. The van der Waals surface area contributed by atoms with Gasteiger partial charge in [0, 0.05) is 23.5 Å². The number of para-hydroxylation sites is 1. The molecule has 7 heteroatoms. The van der Waals surface area contributed by atoms with Crippen molar-refractivity contribution in [1.29, 1.82) is 0 Å². The van der Waals surface area contributed by atoms with Gasteiger partial charge in [0.05, 0.1) is 0 Å². The van der Waals surface area contributed by atoms with E-state index < -0.39 is 0 Å². The molecule has 0 aliphatic carbocycles. The SMILES string of the molecule is CCN1CCCC1CNC(=O)c1nnc(-c2oc3c(C)cccc3c2C)o1. The molecule has 3 aromatic rings. The highest BCUT2D eigenvalue weighted by atomic mass is 16.4. The van der Waals surface area contributed by atoms with Crippen molar-refractivity contribution in [2.45, 2.75) is 39.7 Å². The van der Waals surface area contributed by atoms with E-state index >= 15 is 0 Å². The molecule has 0 spiro atoms.